The van der Waals surface area contributed by atoms with Crippen LogP contribution in [-0.2, 0) is 9.59 Å². The highest BCUT2D eigenvalue weighted by Gasteiger charge is 2.36. The van der Waals surface area contributed by atoms with Crippen molar-refractivity contribution in [2.75, 3.05) is 11.9 Å². The minimum atomic E-state index is -1.05. The highest BCUT2D eigenvalue weighted by Crippen LogP contribution is 2.34. The summed E-state index contributed by atoms with van der Waals surface area (Å²) in [6.07, 6.45) is 1.43. The van der Waals surface area contributed by atoms with E-state index in [1.54, 1.807) is 30.3 Å². The second-order valence-electron chi connectivity index (χ2n) is 7.72. The molecule has 1 aliphatic heterocycles. The molecule has 0 radical (unpaired) electrons. The van der Waals surface area contributed by atoms with Crippen LogP contribution in [0.5, 0.6) is 0 Å². The SMILES string of the molecule is Cc1ccc(NC(=O)CN2C(=O)SC(=Cc3ccc(-c4cc(C(=O)O)ccc4C)o3)C2=O)cc1. The van der Waals surface area contributed by atoms with Crippen LogP contribution in [0.3, 0.4) is 0 Å². The highest BCUT2D eigenvalue weighted by molar-refractivity contribution is 8.18. The van der Waals surface area contributed by atoms with E-state index in [1.165, 1.54) is 18.2 Å². The van der Waals surface area contributed by atoms with E-state index in [0.29, 0.717) is 22.8 Å². The van der Waals surface area contributed by atoms with Crippen LogP contribution in [0.15, 0.2) is 63.9 Å². The predicted molar refractivity (Wildman–Crippen MR) is 128 cm³/mol. The number of imide groups is 1. The minimum Gasteiger partial charge on any atom is -0.478 e. The van der Waals surface area contributed by atoms with Gasteiger partial charge in [0.2, 0.25) is 5.91 Å². The van der Waals surface area contributed by atoms with E-state index in [1.807, 2.05) is 26.0 Å². The fraction of sp³-hybridized carbons (Fsp3) is 0.120. The van der Waals surface area contributed by atoms with Gasteiger partial charge >= 0.3 is 5.97 Å². The third kappa shape index (κ3) is 4.94. The summed E-state index contributed by atoms with van der Waals surface area (Å²) in [5.74, 6) is -1.36. The number of amides is 3. The van der Waals surface area contributed by atoms with Crippen LogP contribution in [0, 0.1) is 13.8 Å². The molecule has 34 heavy (non-hydrogen) atoms. The number of hydrogen-bond donors (Lipinski definition) is 2. The molecule has 3 amide bonds. The number of furan rings is 1. The average molecular weight is 477 g/mol. The van der Waals surface area contributed by atoms with Crippen LogP contribution in [0.2, 0.25) is 0 Å². The summed E-state index contributed by atoms with van der Waals surface area (Å²) in [4.78, 5) is 49.7. The molecule has 4 rings (SSSR count). The van der Waals surface area contributed by atoms with E-state index in [-0.39, 0.29) is 10.5 Å². The molecule has 0 bridgehead atoms. The van der Waals surface area contributed by atoms with Gasteiger partial charge in [-0.05, 0) is 67.6 Å². The average Bonchev–Trinajstić information content (AvgIpc) is 3.35. The highest BCUT2D eigenvalue weighted by atomic mass is 32.2. The molecule has 1 saturated heterocycles. The monoisotopic (exact) mass is 476 g/mol. The van der Waals surface area contributed by atoms with E-state index in [2.05, 4.69) is 5.32 Å². The molecule has 0 atom stereocenters. The predicted octanol–water partition coefficient (Wildman–Crippen LogP) is 4.94. The van der Waals surface area contributed by atoms with Crippen molar-refractivity contribution in [3.8, 4) is 11.3 Å². The molecule has 0 spiro atoms. The first-order chi connectivity index (χ1) is 16.2. The number of nitrogens with one attached hydrogen (secondary N) is 1. The molecule has 1 aromatic heterocycles. The Labute approximate surface area is 199 Å². The lowest BCUT2D eigenvalue weighted by Gasteiger charge is -2.12. The van der Waals surface area contributed by atoms with Gasteiger partial charge in [0.15, 0.2) is 0 Å². The Morgan fingerprint density at radius 3 is 2.50 bits per heavy atom. The molecule has 8 nitrogen and oxygen atoms in total. The van der Waals surface area contributed by atoms with Crippen molar-refractivity contribution in [2.24, 2.45) is 0 Å². The number of carbonyl (C=O) groups is 4. The second kappa shape index (κ2) is 9.40. The molecule has 2 aromatic carbocycles. The van der Waals surface area contributed by atoms with E-state index < -0.39 is 29.6 Å². The first kappa shape index (κ1) is 23.1. The van der Waals surface area contributed by atoms with E-state index >= 15 is 0 Å². The van der Waals surface area contributed by atoms with Crippen molar-refractivity contribution >= 4 is 46.5 Å². The van der Waals surface area contributed by atoms with Crippen LogP contribution in [0.25, 0.3) is 17.4 Å². The van der Waals surface area contributed by atoms with Crippen LogP contribution < -0.4 is 5.32 Å². The Kier molecular flexibility index (Phi) is 6.38. The van der Waals surface area contributed by atoms with E-state index in [9.17, 15) is 24.3 Å². The maximum absolute atomic E-state index is 12.7. The van der Waals surface area contributed by atoms with Crippen molar-refractivity contribution < 1.29 is 28.7 Å². The minimum absolute atomic E-state index is 0.128. The van der Waals surface area contributed by atoms with Crippen molar-refractivity contribution in [3.05, 3.63) is 82.0 Å². The summed E-state index contributed by atoms with van der Waals surface area (Å²) < 4.78 is 5.79. The quantitative estimate of drug-likeness (QED) is 0.484. The van der Waals surface area contributed by atoms with Crippen LogP contribution in [-0.4, -0.2) is 39.6 Å². The smallest absolute Gasteiger partial charge is 0.335 e. The van der Waals surface area contributed by atoms with Gasteiger partial charge in [0.25, 0.3) is 11.1 Å². The molecule has 2 heterocycles. The molecule has 172 valence electrons. The Bertz CT molecular complexity index is 1340. The molecule has 9 heteroatoms. The summed E-state index contributed by atoms with van der Waals surface area (Å²) >= 11 is 0.722. The maximum Gasteiger partial charge on any atom is 0.335 e. The van der Waals surface area contributed by atoms with Gasteiger partial charge in [0.05, 0.1) is 10.5 Å². The lowest BCUT2D eigenvalue weighted by Crippen LogP contribution is -2.36. The molecule has 0 unspecified atom stereocenters. The van der Waals surface area contributed by atoms with E-state index in [0.717, 1.165) is 27.8 Å². The first-order valence-electron chi connectivity index (χ1n) is 10.3. The number of hydrogen-bond acceptors (Lipinski definition) is 6. The molecule has 2 N–H and O–H groups in total. The Morgan fingerprint density at radius 1 is 1.06 bits per heavy atom. The molecule has 0 saturated carbocycles. The summed E-state index contributed by atoms with van der Waals surface area (Å²) in [5, 5.41) is 11.3. The number of carboxylic acids is 1. The third-order valence-corrected chi connectivity index (χ3v) is 6.07. The van der Waals surface area contributed by atoms with Gasteiger partial charge in [-0.2, -0.15) is 0 Å². The number of aromatic carboxylic acids is 1. The number of aryl methyl sites for hydroxylation is 2. The summed E-state index contributed by atoms with van der Waals surface area (Å²) in [6, 6.07) is 15.2. The van der Waals surface area contributed by atoms with Crippen molar-refractivity contribution in [3.63, 3.8) is 0 Å². The Morgan fingerprint density at radius 2 is 1.79 bits per heavy atom. The zero-order valence-electron chi connectivity index (χ0n) is 18.3. The number of anilines is 1. The Hall–Kier alpha value is -4.11. The number of benzene rings is 2. The van der Waals surface area contributed by atoms with Gasteiger partial charge in [-0.3, -0.25) is 19.3 Å². The van der Waals surface area contributed by atoms with Gasteiger partial charge < -0.3 is 14.8 Å². The third-order valence-electron chi connectivity index (χ3n) is 5.16. The second-order valence-corrected chi connectivity index (χ2v) is 8.71. The molecular formula is C25H20N2O6S. The number of carboxylic acid groups (broad SMARTS) is 1. The molecule has 0 aliphatic carbocycles. The standard InChI is InChI=1S/C25H20N2O6S/c1-14-3-7-17(8-4-14)26-22(28)13-27-23(29)21(34-25(27)32)12-18-9-10-20(33-18)19-11-16(24(30)31)6-5-15(19)2/h3-12H,13H2,1-2H3,(H,26,28)(H,30,31). The van der Waals surface area contributed by atoms with Crippen LogP contribution in [0.4, 0.5) is 10.5 Å². The fourth-order valence-electron chi connectivity index (χ4n) is 3.34. The van der Waals surface area contributed by atoms with Gasteiger partial charge in [0, 0.05) is 17.3 Å². The van der Waals surface area contributed by atoms with Crippen molar-refractivity contribution in [1.29, 1.82) is 0 Å². The fourth-order valence-corrected chi connectivity index (χ4v) is 4.16. The Balaban J connectivity index is 1.48. The number of carbonyl (C=O) groups excluding carboxylic acids is 3. The van der Waals surface area contributed by atoms with E-state index in [4.69, 9.17) is 4.42 Å². The topological polar surface area (TPSA) is 117 Å². The van der Waals surface area contributed by atoms with Gasteiger partial charge in [-0.1, -0.05) is 23.8 Å². The first-order valence-corrected chi connectivity index (χ1v) is 11.1. The zero-order valence-corrected chi connectivity index (χ0v) is 19.1. The lowest BCUT2D eigenvalue weighted by atomic mass is 10.0. The molecule has 3 aromatic rings. The van der Waals surface area contributed by atoms with Crippen LogP contribution >= 0.6 is 11.8 Å². The molecular weight excluding hydrogens is 456 g/mol. The molecule has 1 aliphatic rings. The molecule has 1 fully saturated rings. The van der Waals surface area contributed by atoms with Crippen molar-refractivity contribution in [1.82, 2.24) is 4.90 Å². The summed E-state index contributed by atoms with van der Waals surface area (Å²) in [7, 11) is 0. The van der Waals surface area contributed by atoms with Gasteiger partial charge in [0.1, 0.15) is 18.1 Å². The zero-order chi connectivity index (χ0) is 24.4. The number of nitrogens with zero attached hydrogens (tertiary/aromatic N) is 1. The van der Waals surface area contributed by atoms with Crippen LogP contribution in [0.1, 0.15) is 27.2 Å². The number of thioether (sulfide) groups is 1. The normalized spacial score (nSPS) is 14.6. The maximum atomic E-state index is 12.7. The van der Waals surface area contributed by atoms with Crippen molar-refractivity contribution in [2.45, 2.75) is 13.8 Å². The lowest BCUT2D eigenvalue weighted by molar-refractivity contribution is -0.127. The van der Waals surface area contributed by atoms with Gasteiger partial charge in [-0.25, -0.2) is 4.79 Å². The largest absolute Gasteiger partial charge is 0.478 e. The van der Waals surface area contributed by atoms with Gasteiger partial charge in [-0.15, -0.1) is 0 Å². The summed E-state index contributed by atoms with van der Waals surface area (Å²) in [5.41, 5.74) is 3.18. The number of rotatable bonds is 6. The summed E-state index contributed by atoms with van der Waals surface area (Å²) in [6.45, 7) is 3.35.